The van der Waals surface area contributed by atoms with Gasteiger partial charge < -0.3 is 5.32 Å². The number of sulfonamides is 1. The second-order valence-electron chi connectivity index (χ2n) is 5.86. The first-order valence-electron chi connectivity index (χ1n) is 7.93. The second kappa shape index (κ2) is 7.09. The fraction of sp³-hybridized carbons (Fsp3) is 0.211. The molecule has 0 radical (unpaired) electrons. The molecular formula is C19H18N2O3S. The van der Waals surface area contributed by atoms with E-state index in [0.717, 1.165) is 11.1 Å². The van der Waals surface area contributed by atoms with Gasteiger partial charge >= 0.3 is 0 Å². The molecule has 5 nitrogen and oxygen atoms in total. The van der Waals surface area contributed by atoms with Crippen molar-refractivity contribution in [2.45, 2.75) is 30.2 Å². The smallest absolute Gasteiger partial charge is 0.241 e. The van der Waals surface area contributed by atoms with Crippen LogP contribution in [0.25, 0.3) is 0 Å². The third kappa shape index (κ3) is 3.90. The number of hydrogen-bond acceptors (Lipinski definition) is 3. The zero-order chi connectivity index (χ0) is 17.9. The molecule has 2 N–H and O–H groups in total. The molecule has 0 saturated heterocycles. The minimum Gasteiger partial charge on any atom is -0.326 e. The van der Waals surface area contributed by atoms with Crippen molar-refractivity contribution in [1.29, 1.82) is 0 Å². The van der Waals surface area contributed by atoms with Crippen LogP contribution in [-0.2, 0) is 21.2 Å². The highest BCUT2D eigenvalue weighted by atomic mass is 32.2. The Balaban J connectivity index is 1.88. The van der Waals surface area contributed by atoms with Gasteiger partial charge in [-0.15, -0.1) is 12.3 Å². The van der Waals surface area contributed by atoms with Crippen molar-refractivity contribution in [3.05, 3.63) is 59.7 Å². The van der Waals surface area contributed by atoms with Gasteiger partial charge in [-0.3, -0.25) is 4.79 Å². The lowest BCUT2D eigenvalue weighted by atomic mass is 10.0. The predicted octanol–water partition coefficient (Wildman–Crippen LogP) is 2.61. The van der Waals surface area contributed by atoms with E-state index in [4.69, 9.17) is 6.42 Å². The van der Waals surface area contributed by atoms with E-state index in [-0.39, 0.29) is 17.2 Å². The average molecular weight is 354 g/mol. The maximum absolute atomic E-state index is 12.8. The Kier molecular flexibility index (Phi) is 4.88. The lowest BCUT2D eigenvalue weighted by Gasteiger charge is -2.20. The molecule has 0 fully saturated rings. The molecule has 0 saturated carbocycles. The van der Waals surface area contributed by atoms with Crippen molar-refractivity contribution in [3.8, 4) is 12.3 Å². The van der Waals surface area contributed by atoms with E-state index in [1.165, 1.54) is 6.07 Å². The van der Waals surface area contributed by atoms with Crippen molar-refractivity contribution in [2.75, 3.05) is 5.32 Å². The Morgan fingerprint density at radius 2 is 1.92 bits per heavy atom. The van der Waals surface area contributed by atoms with Crippen LogP contribution in [0.15, 0.2) is 53.4 Å². The third-order valence-electron chi connectivity index (χ3n) is 4.10. The lowest BCUT2D eigenvalue weighted by molar-refractivity contribution is -0.116. The van der Waals surface area contributed by atoms with Gasteiger partial charge in [-0.05, 0) is 35.7 Å². The first kappa shape index (κ1) is 17.2. The third-order valence-corrected chi connectivity index (χ3v) is 5.57. The van der Waals surface area contributed by atoms with Crippen LogP contribution in [0.3, 0.4) is 0 Å². The molecule has 1 aliphatic heterocycles. The van der Waals surface area contributed by atoms with Crippen molar-refractivity contribution in [2.24, 2.45) is 0 Å². The molecule has 0 aromatic heterocycles. The van der Waals surface area contributed by atoms with Gasteiger partial charge in [0.05, 0.1) is 10.9 Å². The number of rotatable bonds is 5. The SMILES string of the molecule is C#CCC(NS(=O)(=O)c1ccc2c(c1)CCC(=O)N2)c1ccccc1. The van der Waals surface area contributed by atoms with Crippen LogP contribution in [0.5, 0.6) is 0 Å². The number of fused-ring (bicyclic) bond motifs is 1. The van der Waals surface area contributed by atoms with Crippen molar-refractivity contribution < 1.29 is 13.2 Å². The topological polar surface area (TPSA) is 75.3 Å². The van der Waals surface area contributed by atoms with E-state index in [0.29, 0.717) is 18.5 Å². The average Bonchev–Trinajstić information content (AvgIpc) is 2.61. The summed E-state index contributed by atoms with van der Waals surface area (Å²) in [7, 11) is -3.74. The van der Waals surface area contributed by atoms with E-state index >= 15 is 0 Å². The van der Waals surface area contributed by atoms with Crippen LogP contribution < -0.4 is 10.0 Å². The van der Waals surface area contributed by atoms with Crippen molar-refractivity contribution in [1.82, 2.24) is 4.72 Å². The summed E-state index contributed by atoms with van der Waals surface area (Å²) in [6, 6.07) is 13.5. The summed E-state index contributed by atoms with van der Waals surface area (Å²) < 4.78 is 28.2. The van der Waals surface area contributed by atoms with Crippen LogP contribution in [0.2, 0.25) is 0 Å². The number of nitrogens with one attached hydrogen (secondary N) is 2. The van der Waals surface area contributed by atoms with E-state index in [9.17, 15) is 13.2 Å². The summed E-state index contributed by atoms with van der Waals surface area (Å²) in [5.74, 6) is 2.46. The number of carbonyl (C=O) groups is 1. The first-order valence-corrected chi connectivity index (χ1v) is 9.41. The van der Waals surface area contributed by atoms with Crippen LogP contribution in [0, 0.1) is 12.3 Å². The Morgan fingerprint density at radius 3 is 2.64 bits per heavy atom. The summed E-state index contributed by atoms with van der Waals surface area (Å²) in [4.78, 5) is 11.6. The summed E-state index contributed by atoms with van der Waals surface area (Å²) in [6.45, 7) is 0. The molecule has 2 aromatic carbocycles. The minimum absolute atomic E-state index is 0.0561. The summed E-state index contributed by atoms with van der Waals surface area (Å²) in [5.41, 5.74) is 2.29. The predicted molar refractivity (Wildman–Crippen MR) is 96.3 cm³/mol. The molecule has 1 atom stereocenters. The molecule has 128 valence electrons. The molecule has 0 aliphatic carbocycles. The zero-order valence-corrected chi connectivity index (χ0v) is 14.3. The molecule has 25 heavy (non-hydrogen) atoms. The number of terminal acetylenes is 1. The Hall–Kier alpha value is -2.62. The Labute approximate surface area is 147 Å². The van der Waals surface area contributed by atoms with E-state index < -0.39 is 16.1 Å². The highest BCUT2D eigenvalue weighted by Gasteiger charge is 2.23. The largest absolute Gasteiger partial charge is 0.326 e. The Morgan fingerprint density at radius 1 is 1.16 bits per heavy atom. The van der Waals surface area contributed by atoms with Gasteiger partial charge in [0.1, 0.15) is 0 Å². The van der Waals surface area contributed by atoms with Gasteiger partial charge in [-0.25, -0.2) is 13.1 Å². The molecule has 1 unspecified atom stereocenters. The van der Waals surface area contributed by atoms with Crippen LogP contribution in [-0.4, -0.2) is 14.3 Å². The molecule has 0 spiro atoms. The van der Waals surface area contributed by atoms with Crippen LogP contribution >= 0.6 is 0 Å². The maximum Gasteiger partial charge on any atom is 0.241 e. The second-order valence-corrected chi connectivity index (χ2v) is 7.57. The number of benzene rings is 2. The monoisotopic (exact) mass is 354 g/mol. The number of aryl methyl sites for hydroxylation is 1. The Bertz CT molecular complexity index is 931. The van der Waals surface area contributed by atoms with Gasteiger partial charge in [0.15, 0.2) is 0 Å². The summed E-state index contributed by atoms with van der Waals surface area (Å²) >= 11 is 0. The van der Waals surface area contributed by atoms with Gasteiger partial charge in [0.25, 0.3) is 0 Å². The molecule has 0 bridgehead atoms. The highest BCUT2D eigenvalue weighted by molar-refractivity contribution is 7.89. The minimum atomic E-state index is -3.74. The number of hydrogen-bond donors (Lipinski definition) is 2. The number of amides is 1. The number of carbonyl (C=O) groups excluding carboxylic acids is 1. The molecule has 1 aliphatic rings. The molecule has 1 amide bonds. The van der Waals surface area contributed by atoms with E-state index in [2.05, 4.69) is 16.0 Å². The van der Waals surface area contributed by atoms with Gasteiger partial charge in [0, 0.05) is 18.5 Å². The molecular weight excluding hydrogens is 336 g/mol. The quantitative estimate of drug-likeness (QED) is 0.811. The lowest BCUT2D eigenvalue weighted by Crippen LogP contribution is -2.29. The fourth-order valence-electron chi connectivity index (χ4n) is 2.81. The van der Waals surface area contributed by atoms with Crippen molar-refractivity contribution in [3.63, 3.8) is 0 Å². The normalized spacial score (nSPS) is 14.9. The molecule has 3 rings (SSSR count). The van der Waals surface area contributed by atoms with Gasteiger partial charge in [-0.2, -0.15) is 0 Å². The van der Waals surface area contributed by atoms with E-state index in [1.807, 2.05) is 30.3 Å². The van der Waals surface area contributed by atoms with Crippen LogP contribution in [0.1, 0.15) is 30.0 Å². The molecule has 6 heteroatoms. The first-order chi connectivity index (χ1) is 12.0. The maximum atomic E-state index is 12.8. The fourth-order valence-corrected chi connectivity index (χ4v) is 4.09. The summed E-state index contributed by atoms with van der Waals surface area (Å²) in [6.07, 6.45) is 6.54. The van der Waals surface area contributed by atoms with E-state index in [1.54, 1.807) is 12.1 Å². The standard InChI is InChI=1S/C19H18N2O3S/c1-2-6-18(14-7-4-3-5-8-14)21-25(23,24)16-10-11-17-15(13-16)9-12-19(22)20-17/h1,3-5,7-8,10-11,13,18,21H,6,9,12H2,(H,20,22). The number of anilines is 1. The van der Waals surface area contributed by atoms with Gasteiger partial charge in [-0.1, -0.05) is 30.3 Å². The molecule has 2 aromatic rings. The van der Waals surface area contributed by atoms with Gasteiger partial charge in [0.2, 0.25) is 15.9 Å². The summed E-state index contributed by atoms with van der Waals surface area (Å²) in [5, 5.41) is 2.74. The van der Waals surface area contributed by atoms with Crippen molar-refractivity contribution >= 4 is 21.6 Å². The van der Waals surface area contributed by atoms with Crippen LogP contribution in [0.4, 0.5) is 5.69 Å². The zero-order valence-electron chi connectivity index (χ0n) is 13.5. The molecule has 1 heterocycles. The highest BCUT2D eigenvalue weighted by Crippen LogP contribution is 2.27.